The van der Waals surface area contributed by atoms with Gasteiger partial charge < -0.3 is 10.5 Å². The van der Waals surface area contributed by atoms with Crippen molar-refractivity contribution in [3.8, 4) is 33.0 Å². The van der Waals surface area contributed by atoms with Crippen molar-refractivity contribution in [2.45, 2.75) is 52.7 Å². The minimum atomic E-state index is -0.238. The highest BCUT2D eigenvalue weighted by Gasteiger charge is 2.21. The SMILES string of the molecule is Cc1c(-c2nnc(-c3ccc(OC(C)C)c(C#N)c3)s2)ccc2c1CCN(CCCC(N)=O)C2. The van der Waals surface area contributed by atoms with Crippen LogP contribution < -0.4 is 10.5 Å². The molecular formula is C26H29N5O2S. The number of benzene rings is 2. The summed E-state index contributed by atoms with van der Waals surface area (Å²) < 4.78 is 5.73. The first-order chi connectivity index (χ1) is 16.4. The van der Waals surface area contributed by atoms with Crippen molar-refractivity contribution in [2.24, 2.45) is 5.73 Å². The highest BCUT2D eigenvalue weighted by atomic mass is 32.1. The normalized spacial score (nSPS) is 13.5. The fourth-order valence-electron chi connectivity index (χ4n) is 4.35. The number of rotatable bonds is 8. The van der Waals surface area contributed by atoms with E-state index in [9.17, 15) is 10.1 Å². The highest BCUT2D eigenvalue weighted by Crippen LogP contribution is 2.36. The predicted molar refractivity (Wildman–Crippen MR) is 133 cm³/mol. The Morgan fingerprint density at radius 2 is 2.06 bits per heavy atom. The zero-order valence-electron chi connectivity index (χ0n) is 19.8. The van der Waals surface area contributed by atoms with E-state index in [0.29, 0.717) is 17.7 Å². The third-order valence-electron chi connectivity index (χ3n) is 6.03. The fraction of sp³-hybridized carbons (Fsp3) is 0.385. The summed E-state index contributed by atoms with van der Waals surface area (Å²) in [6.07, 6.45) is 2.21. The van der Waals surface area contributed by atoms with Crippen LogP contribution >= 0.6 is 11.3 Å². The molecule has 1 aliphatic heterocycles. The summed E-state index contributed by atoms with van der Waals surface area (Å²) in [6.45, 7) is 8.78. The van der Waals surface area contributed by atoms with Crippen LogP contribution in [0.3, 0.4) is 0 Å². The third kappa shape index (κ3) is 5.27. The highest BCUT2D eigenvalue weighted by molar-refractivity contribution is 7.17. The average molecular weight is 476 g/mol. The van der Waals surface area contributed by atoms with Gasteiger partial charge in [0.1, 0.15) is 21.8 Å². The van der Waals surface area contributed by atoms with Crippen LogP contribution in [0.15, 0.2) is 30.3 Å². The number of nitrogens with zero attached hydrogens (tertiary/aromatic N) is 4. The largest absolute Gasteiger partial charge is 0.490 e. The van der Waals surface area contributed by atoms with Crippen LogP contribution in [0.25, 0.3) is 21.1 Å². The number of ether oxygens (including phenoxy) is 1. The lowest BCUT2D eigenvalue weighted by Crippen LogP contribution is -2.32. The van der Waals surface area contributed by atoms with Gasteiger partial charge in [0.05, 0.1) is 11.7 Å². The van der Waals surface area contributed by atoms with Crippen molar-refractivity contribution in [1.29, 1.82) is 5.26 Å². The Hall–Kier alpha value is -3.28. The fourth-order valence-corrected chi connectivity index (χ4v) is 5.28. The van der Waals surface area contributed by atoms with E-state index in [1.165, 1.54) is 28.0 Å². The van der Waals surface area contributed by atoms with Crippen LogP contribution in [0.4, 0.5) is 0 Å². The Kier molecular flexibility index (Phi) is 7.25. The van der Waals surface area contributed by atoms with Gasteiger partial charge in [0.25, 0.3) is 0 Å². The maximum atomic E-state index is 11.0. The van der Waals surface area contributed by atoms with E-state index in [2.05, 4.69) is 40.2 Å². The second-order valence-corrected chi connectivity index (χ2v) is 9.85. The molecule has 34 heavy (non-hydrogen) atoms. The second-order valence-electron chi connectivity index (χ2n) is 8.87. The molecule has 1 amide bonds. The number of hydrogen-bond acceptors (Lipinski definition) is 7. The Morgan fingerprint density at radius 3 is 2.79 bits per heavy atom. The van der Waals surface area contributed by atoms with Crippen LogP contribution in [0.5, 0.6) is 5.75 Å². The Bertz CT molecular complexity index is 1240. The van der Waals surface area contributed by atoms with E-state index in [-0.39, 0.29) is 12.0 Å². The molecule has 0 spiro atoms. The van der Waals surface area contributed by atoms with E-state index in [1.54, 1.807) is 0 Å². The molecule has 0 unspecified atom stereocenters. The molecule has 0 fully saturated rings. The molecule has 2 N–H and O–H groups in total. The van der Waals surface area contributed by atoms with Crippen LogP contribution in [-0.4, -0.2) is 40.2 Å². The lowest BCUT2D eigenvalue weighted by atomic mass is 9.92. The summed E-state index contributed by atoms with van der Waals surface area (Å²) in [5, 5.41) is 20.1. The van der Waals surface area contributed by atoms with Crippen molar-refractivity contribution < 1.29 is 9.53 Å². The van der Waals surface area contributed by atoms with Gasteiger partial charge in [-0.25, -0.2) is 0 Å². The molecule has 0 aliphatic carbocycles. The van der Waals surface area contributed by atoms with Crippen molar-refractivity contribution >= 4 is 17.2 Å². The summed E-state index contributed by atoms with van der Waals surface area (Å²) in [5.74, 6) is 0.346. The number of carbonyl (C=O) groups is 1. The molecule has 0 saturated carbocycles. The smallest absolute Gasteiger partial charge is 0.217 e. The van der Waals surface area contributed by atoms with Crippen LogP contribution in [0, 0.1) is 18.3 Å². The number of nitriles is 1. The molecule has 4 rings (SSSR count). The third-order valence-corrected chi connectivity index (χ3v) is 7.04. The Balaban J connectivity index is 1.54. The zero-order valence-corrected chi connectivity index (χ0v) is 20.6. The van der Waals surface area contributed by atoms with E-state index >= 15 is 0 Å². The molecule has 7 nitrogen and oxygen atoms in total. The maximum absolute atomic E-state index is 11.0. The molecule has 0 saturated heterocycles. The summed E-state index contributed by atoms with van der Waals surface area (Å²) in [4.78, 5) is 13.4. The number of primary amides is 1. The van der Waals surface area contributed by atoms with Gasteiger partial charge in [-0.3, -0.25) is 9.69 Å². The molecule has 1 aromatic heterocycles. The summed E-state index contributed by atoms with van der Waals surface area (Å²) in [5.41, 5.74) is 11.7. The molecule has 0 radical (unpaired) electrons. The monoisotopic (exact) mass is 475 g/mol. The van der Waals surface area contributed by atoms with Gasteiger partial charge in [-0.1, -0.05) is 23.5 Å². The number of hydrogen-bond donors (Lipinski definition) is 1. The molecular weight excluding hydrogens is 446 g/mol. The molecule has 176 valence electrons. The van der Waals surface area contributed by atoms with E-state index < -0.39 is 0 Å². The van der Waals surface area contributed by atoms with Gasteiger partial charge >= 0.3 is 0 Å². The summed E-state index contributed by atoms with van der Waals surface area (Å²) in [6, 6.07) is 12.1. The maximum Gasteiger partial charge on any atom is 0.217 e. The molecule has 1 aliphatic rings. The van der Waals surface area contributed by atoms with Gasteiger partial charge in [0, 0.05) is 30.6 Å². The number of amides is 1. The Morgan fingerprint density at radius 1 is 1.26 bits per heavy atom. The topological polar surface area (TPSA) is 105 Å². The first kappa shape index (κ1) is 23.9. The molecule has 2 heterocycles. The average Bonchev–Trinajstić information content (AvgIpc) is 3.29. The van der Waals surface area contributed by atoms with Crippen molar-refractivity contribution in [3.05, 3.63) is 52.6 Å². The summed E-state index contributed by atoms with van der Waals surface area (Å²) in [7, 11) is 0. The first-order valence-corrected chi connectivity index (χ1v) is 12.3. The van der Waals surface area contributed by atoms with E-state index in [4.69, 9.17) is 10.5 Å². The standard InChI is InChI=1S/C26H29N5O2S/c1-16(2)33-23-9-7-18(13-20(23)14-27)25-29-30-26(34-25)22-8-6-19-15-31(11-4-5-24(28)32)12-10-21(19)17(22)3/h6-9,13,16H,4-5,10-12,15H2,1-3H3,(H2,28,32). The molecule has 2 aromatic carbocycles. The van der Waals surface area contributed by atoms with Gasteiger partial charge in [0.2, 0.25) is 5.91 Å². The van der Waals surface area contributed by atoms with Gasteiger partial charge in [-0.2, -0.15) is 5.26 Å². The van der Waals surface area contributed by atoms with Gasteiger partial charge in [-0.15, -0.1) is 10.2 Å². The Labute approximate surface area is 204 Å². The number of aromatic nitrogens is 2. The van der Waals surface area contributed by atoms with Crippen molar-refractivity contribution in [1.82, 2.24) is 15.1 Å². The van der Waals surface area contributed by atoms with Crippen LogP contribution in [0.2, 0.25) is 0 Å². The van der Waals surface area contributed by atoms with E-state index in [0.717, 1.165) is 53.6 Å². The second kappa shape index (κ2) is 10.3. The molecule has 0 atom stereocenters. The quantitative estimate of drug-likeness (QED) is 0.516. The van der Waals surface area contributed by atoms with Crippen molar-refractivity contribution in [3.63, 3.8) is 0 Å². The zero-order chi connectivity index (χ0) is 24.2. The van der Waals surface area contributed by atoms with Crippen molar-refractivity contribution in [2.75, 3.05) is 13.1 Å². The summed E-state index contributed by atoms with van der Waals surface area (Å²) >= 11 is 1.53. The van der Waals surface area contributed by atoms with E-state index in [1.807, 2.05) is 32.0 Å². The number of nitrogens with two attached hydrogens (primary N) is 1. The molecule has 3 aromatic rings. The first-order valence-electron chi connectivity index (χ1n) is 11.5. The minimum absolute atomic E-state index is 0.000266. The van der Waals surface area contributed by atoms with Crippen LogP contribution in [-0.2, 0) is 17.8 Å². The van der Waals surface area contributed by atoms with Gasteiger partial charge in [-0.05, 0) is 75.0 Å². The predicted octanol–water partition coefficient (Wildman–Crippen LogP) is 4.46. The lowest BCUT2D eigenvalue weighted by Gasteiger charge is -2.30. The molecule has 8 heteroatoms. The number of fused-ring (bicyclic) bond motifs is 1. The lowest BCUT2D eigenvalue weighted by molar-refractivity contribution is -0.118. The molecule has 0 bridgehead atoms. The number of carbonyl (C=O) groups excluding carboxylic acids is 1. The van der Waals surface area contributed by atoms with Crippen LogP contribution in [0.1, 0.15) is 48.9 Å². The minimum Gasteiger partial charge on any atom is -0.490 e. The van der Waals surface area contributed by atoms with Gasteiger partial charge in [0.15, 0.2) is 0 Å².